The molecule has 3 aromatic rings. The van der Waals surface area contributed by atoms with Crippen LogP contribution in [0.1, 0.15) is 30.1 Å². The highest BCUT2D eigenvalue weighted by molar-refractivity contribution is 7.99. The van der Waals surface area contributed by atoms with Gasteiger partial charge in [0, 0.05) is 24.3 Å². The Morgan fingerprint density at radius 3 is 2.48 bits per heavy atom. The lowest BCUT2D eigenvalue weighted by atomic mass is 10.2. The summed E-state index contributed by atoms with van der Waals surface area (Å²) >= 11 is 1.34. The topological polar surface area (TPSA) is 80.1 Å². The number of amides is 2. The molecule has 1 aliphatic carbocycles. The van der Waals surface area contributed by atoms with Gasteiger partial charge in [-0.1, -0.05) is 47.7 Å². The van der Waals surface area contributed by atoms with Gasteiger partial charge in [0.1, 0.15) is 5.82 Å². The quantitative estimate of drug-likeness (QED) is 0.547. The molecule has 0 bridgehead atoms. The normalized spacial score (nSPS) is 13.1. The van der Waals surface area contributed by atoms with Crippen LogP contribution in [0.15, 0.2) is 59.8 Å². The average molecular weight is 436 g/mol. The number of hydrogen-bond donors (Lipinski definition) is 1. The van der Waals surface area contributed by atoms with E-state index in [-0.39, 0.29) is 24.1 Å². The van der Waals surface area contributed by atoms with E-state index in [1.54, 1.807) is 7.05 Å². The highest BCUT2D eigenvalue weighted by Gasteiger charge is 2.31. The SMILES string of the molecule is Cc1ccc(NC(=O)CN(C)C(=O)CSc2nnc(C3CC3)n2-c2ccccc2)cc1. The summed E-state index contributed by atoms with van der Waals surface area (Å²) in [6.45, 7) is 1.98. The Bertz CT molecular complexity index is 1060. The van der Waals surface area contributed by atoms with Crippen LogP contribution < -0.4 is 5.32 Å². The fraction of sp³-hybridized carbons (Fsp3) is 0.304. The van der Waals surface area contributed by atoms with Gasteiger partial charge in [-0.25, -0.2) is 0 Å². The van der Waals surface area contributed by atoms with Crippen molar-refractivity contribution in [3.8, 4) is 5.69 Å². The number of carbonyl (C=O) groups excluding carboxylic acids is 2. The summed E-state index contributed by atoms with van der Waals surface area (Å²) < 4.78 is 2.04. The highest BCUT2D eigenvalue weighted by Crippen LogP contribution is 2.41. The van der Waals surface area contributed by atoms with Gasteiger partial charge in [0.15, 0.2) is 5.16 Å². The molecular formula is C23H25N5O2S. The number of thioether (sulfide) groups is 1. The second kappa shape index (κ2) is 9.34. The number of rotatable bonds is 8. The van der Waals surface area contributed by atoms with Crippen LogP contribution in [-0.2, 0) is 9.59 Å². The van der Waals surface area contributed by atoms with E-state index in [0.29, 0.717) is 11.1 Å². The third kappa shape index (κ3) is 5.32. The smallest absolute Gasteiger partial charge is 0.243 e. The molecule has 160 valence electrons. The Morgan fingerprint density at radius 2 is 1.81 bits per heavy atom. The molecule has 4 rings (SSSR count). The minimum absolute atomic E-state index is 0.00797. The molecule has 31 heavy (non-hydrogen) atoms. The van der Waals surface area contributed by atoms with Crippen LogP contribution >= 0.6 is 11.8 Å². The van der Waals surface area contributed by atoms with E-state index in [1.807, 2.05) is 66.1 Å². The second-order valence-corrected chi connectivity index (χ2v) is 8.68. The zero-order chi connectivity index (χ0) is 21.8. The Morgan fingerprint density at radius 1 is 1.10 bits per heavy atom. The van der Waals surface area contributed by atoms with Crippen LogP contribution in [0.2, 0.25) is 0 Å². The van der Waals surface area contributed by atoms with Crippen molar-refractivity contribution >= 4 is 29.3 Å². The van der Waals surface area contributed by atoms with E-state index in [9.17, 15) is 9.59 Å². The number of hydrogen-bond acceptors (Lipinski definition) is 5. The van der Waals surface area contributed by atoms with Crippen molar-refractivity contribution in [1.82, 2.24) is 19.7 Å². The molecule has 2 amide bonds. The summed E-state index contributed by atoms with van der Waals surface area (Å²) in [6.07, 6.45) is 2.24. The van der Waals surface area contributed by atoms with Crippen molar-refractivity contribution in [3.05, 3.63) is 66.0 Å². The van der Waals surface area contributed by atoms with Gasteiger partial charge in [0.25, 0.3) is 0 Å². The Hall–Kier alpha value is -3.13. The van der Waals surface area contributed by atoms with E-state index in [1.165, 1.54) is 16.7 Å². The molecule has 1 N–H and O–H groups in total. The van der Waals surface area contributed by atoms with Gasteiger partial charge in [0.2, 0.25) is 11.8 Å². The van der Waals surface area contributed by atoms with Gasteiger partial charge >= 0.3 is 0 Å². The summed E-state index contributed by atoms with van der Waals surface area (Å²) in [5.74, 6) is 1.20. The van der Waals surface area contributed by atoms with Crippen molar-refractivity contribution in [2.45, 2.75) is 30.8 Å². The average Bonchev–Trinajstić information content (AvgIpc) is 3.53. The standard InChI is InChI=1S/C23H25N5O2S/c1-16-8-12-18(13-9-16)24-20(29)14-27(2)21(30)15-31-23-26-25-22(17-10-11-17)28(23)19-6-4-3-5-7-19/h3-9,12-13,17H,10-11,14-15H2,1-2H3,(H,24,29). The molecule has 8 heteroatoms. The molecule has 2 aromatic carbocycles. The van der Waals surface area contributed by atoms with E-state index in [4.69, 9.17) is 0 Å². The number of nitrogens with one attached hydrogen (secondary N) is 1. The first-order valence-corrected chi connectivity index (χ1v) is 11.2. The van der Waals surface area contributed by atoms with Gasteiger partial charge in [0.05, 0.1) is 12.3 Å². The maximum Gasteiger partial charge on any atom is 0.243 e. The number of carbonyl (C=O) groups is 2. The molecule has 0 radical (unpaired) electrons. The molecule has 0 saturated heterocycles. The summed E-state index contributed by atoms with van der Waals surface area (Å²) in [5, 5.41) is 12.2. The number of anilines is 1. The number of nitrogens with zero attached hydrogens (tertiary/aromatic N) is 4. The van der Waals surface area contributed by atoms with Crippen molar-refractivity contribution in [2.75, 3.05) is 24.7 Å². The molecule has 0 aliphatic heterocycles. The predicted molar refractivity (Wildman–Crippen MR) is 122 cm³/mol. The molecule has 7 nitrogen and oxygen atoms in total. The zero-order valence-electron chi connectivity index (χ0n) is 17.6. The molecule has 1 aromatic heterocycles. The first-order valence-electron chi connectivity index (χ1n) is 10.3. The summed E-state index contributed by atoms with van der Waals surface area (Å²) in [6, 6.07) is 17.5. The van der Waals surface area contributed by atoms with Crippen molar-refractivity contribution in [1.29, 1.82) is 0 Å². The van der Waals surface area contributed by atoms with Gasteiger partial charge in [-0.15, -0.1) is 10.2 Å². The van der Waals surface area contributed by atoms with Crippen LogP contribution in [0.5, 0.6) is 0 Å². The summed E-state index contributed by atoms with van der Waals surface area (Å²) in [5.41, 5.74) is 2.83. The first kappa shape index (κ1) is 21.1. The van der Waals surface area contributed by atoms with E-state index in [0.717, 1.165) is 35.6 Å². The van der Waals surface area contributed by atoms with Gasteiger partial charge in [-0.2, -0.15) is 0 Å². The van der Waals surface area contributed by atoms with Crippen LogP contribution in [0.25, 0.3) is 5.69 Å². The Kier molecular flexibility index (Phi) is 6.36. The van der Waals surface area contributed by atoms with Gasteiger partial charge < -0.3 is 10.2 Å². The maximum atomic E-state index is 12.6. The number of aryl methyl sites for hydroxylation is 1. The molecule has 0 atom stereocenters. The van der Waals surface area contributed by atoms with E-state index in [2.05, 4.69) is 15.5 Å². The lowest BCUT2D eigenvalue weighted by molar-refractivity contribution is -0.131. The Balaban J connectivity index is 1.36. The van der Waals surface area contributed by atoms with E-state index < -0.39 is 0 Å². The molecule has 0 spiro atoms. The molecule has 1 fully saturated rings. The number of para-hydroxylation sites is 1. The highest BCUT2D eigenvalue weighted by atomic mass is 32.2. The predicted octanol–water partition coefficient (Wildman–Crippen LogP) is 3.64. The molecule has 0 unspecified atom stereocenters. The number of benzene rings is 2. The first-order chi connectivity index (χ1) is 15.0. The number of likely N-dealkylation sites (N-methyl/N-ethyl adjacent to an activating group) is 1. The molecule has 1 heterocycles. The fourth-order valence-corrected chi connectivity index (χ4v) is 4.08. The third-order valence-electron chi connectivity index (χ3n) is 5.08. The fourth-order valence-electron chi connectivity index (χ4n) is 3.18. The molecule has 1 aliphatic rings. The third-order valence-corrected chi connectivity index (χ3v) is 6.00. The molecule has 1 saturated carbocycles. The van der Waals surface area contributed by atoms with Crippen LogP contribution in [0, 0.1) is 6.92 Å². The largest absolute Gasteiger partial charge is 0.336 e. The van der Waals surface area contributed by atoms with Crippen LogP contribution in [0.4, 0.5) is 5.69 Å². The molecular weight excluding hydrogens is 410 g/mol. The van der Waals surface area contributed by atoms with Crippen molar-refractivity contribution < 1.29 is 9.59 Å². The summed E-state index contributed by atoms with van der Waals surface area (Å²) in [4.78, 5) is 26.3. The lowest BCUT2D eigenvalue weighted by Crippen LogP contribution is -2.36. The van der Waals surface area contributed by atoms with Crippen molar-refractivity contribution in [2.24, 2.45) is 0 Å². The van der Waals surface area contributed by atoms with E-state index >= 15 is 0 Å². The minimum atomic E-state index is -0.229. The summed E-state index contributed by atoms with van der Waals surface area (Å²) in [7, 11) is 1.63. The van der Waals surface area contributed by atoms with Crippen LogP contribution in [-0.4, -0.2) is 50.8 Å². The maximum absolute atomic E-state index is 12.6. The van der Waals surface area contributed by atoms with Crippen molar-refractivity contribution in [3.63, 3.8) is 0 Å². The zero-order valence-corrected chi connectivity index (χ0v) is 18.4. The number of aromatic nitrogens is 3. The lowest BCUT2D eigenvalue weighted by Gasteiger charge is -2.17. The minimum Gasteiger partial charge on any atom is -0.336 e. The Labute approximate surface area is 185 Å². The van der Waals surface area contributed by atoms with Gasteiger partial charge in [-0.3, -0.25) is 14.2 Å². The monoisotopic (exact) mass is 435 g/mol. The second-order valence-electron chi connectivity index (χ2n) is 7.74. The van der Waals surface area contributed by atoms with Crippen LogP contribution in [0.3, 0.4) is 0 Å². The van der Waals surface area contributed by atoms with Gasteiger partial charge in [-0.05, 0) is 44.0 Å².